The summed E-state index contributed by atoms with van der Waals surface area (Å²) in [7, 11) is 0. The van der Waals surface area contributed by atoms with Crippen LogP contribution in [0.25, 0.3) is 0 Å². The van der Waals surface area contributed by atoms with Gasteiger partial charge in [-0.1, -0.05) is 168 Å². The van der Waals surface area contributed by atoms with Gasteiger partial charge in [0.05, 0.1) is 6.67 Å². The summed E-state index contributed by atoms with van der Waals surface area (Å²) in [5.74, 6) is 0. The van der Waals surface area contributed by atoms with Gasteiger partial charge in [-0.15, -0.1) is 0 Å². The van der Waals surface area contributed by atoms with Gasteiger partial charge in [0.1, 0.15) is 0 Å². The molecular formula is C33H66N2. The zero-order valence-electron chi connectivity index (χ0n) is 24.6. The minimum absolute atomic E-state index is 1.14. The van der Waals surface area contributed by atoms with Crippen molar-refractivity contribution in [3.63, 3.8) is 0 Å². The summed E-state index contributed by atoms with van der Waals surface area (Å²) in [6.45, 7) is 8.25. The lowest BCUT2D eigenvalue weighted by atomic mass is 10.0. The van der Waals surface area contributed by atoms with Crippen LogP contribution < -0.4 is 0 Å². The maximum absolute atomic E-state index is 2.53. The molecule has 0 atom stereocenters. The standard InChI is InChI=1S/C33H66N2/c1-3-5-7-9-11-13-15-16-17-18-20-22-24-26-28-30-35-32-31-34(33-35)29-27-25-23-21-19-14-12-10-8-6-4-2/h31-32H,3-30,33H2,1-2H3. The van der Waals surface area contributed by atoms with E-state index in [0.29, 0.717) is 0 Å². The van der Waals surface area contributed by atoms with Crippen LogP contribution in [-0.4, -0.2) is 29.6 Å². The van der Waals surface area contributed by atoms with E-state index in [2.05, 4.69) is 36.0 Å². The Hall–Kier alpha value is -0.660. The molecule has 1 rings (SSSR count). The van der Waals surface area contributed by atoms with Crippen LogP contribution in [-0.2, 0) is 0 Å². The summed E-state index contributed by atoms with van der Waals surface area (Å²) in [4.78, 5) is 5.06. The Labute approximate surface area is 222 Å². The zero-order valence-corrected chi connectivity index (χ0v) is 24.6. The number of nitrogens with zero attached hydrogens (tertiary/aromatic N) is 2. The minimum atomic E-state index is 1.14. The summed E-state index contributed by atoms with van der Waals surface area (Å²) < 4.78 is 0. The molecule has 1 heterocycles. The van der Waals surface area contributed by atoms with Gasteiger partial charge in [0.15, 0.2) is 0 Å². The molecule has 1 aliphatic rings. The molecule has 0 aliphatic carbocycles. The van der Waals surface area contributed by atoms with E-state index in [1.54, 1.807) is 0 Å². The third kappa shape index (κ3) is 22.3. The van der Waals surface area contributed by atoms with Crippen LogP contribution in [0.1, 0.15) is 181 Å². The van der Waals surface area contributed by atoms with Crippen LogP contribution in [0.5, 0.6) is 0 Å². The van der Waals surface area contributed by atoms with Gasteiger partial charge in [0.25, 0.3) is 0 Å². The lowest BCUT2D eigenvalue weighted by Crippen LogP contribution is -2.26. The highest BCUT2D eigenvalue weighted by molar-refractivity contribution is 4.90. The van der Waals surface area contributed by atoms with Crippen molar-refractivity contribution in [3.8, 4) is 0 Å². The van der Waals surface area contributed by atoms with Gasteiger partial charge in [-0.25, -0.2) is 0 Å². The van der Waals surface area contributed by atoms with Gasteiger partial charge >= 0.3 is 0 Å². The Balaban J connectivity index is 1.75. The SMILES string of the molecule is CCCCCCCCCCCCCCCCCN1C=CN(CCCCCCCCCCCCC)C1. The fraction of sp³-hybridized carbons (Fsp3) is 0.939. The molecule has 0 unspecified atom stereocenters. The quantitative estimate of drug-likeness (QED) is 0.101. The summed E-state index contributed by atoms with van der Waals surface area (Å²) >= 11 is 0. The monoisotopic (exact) mass is 491 g/mol. The van der Waals surface area contributed by atoms with Crippen LogP contribution in [0.4, 0.5) is 0 Å². The fourth-order valence-corrected chi connectivity index (χ4v) is 5.47. The number of rotatable bonds is 28. The Bertz CT molecular complexity index is 433. The van der Waals surface area contributed by atoms with E-state index < -0.39 is 0 Å². The minimum Gasteiger partial charge on any atom is -0.359 e. The van der Waals surface area contributed by atoms with E-state index in [1.165, 1.54) is 180 Å². The summed E-state index contributed by atoms with van der Waals surface area (Å²) in [5, 5.41) is 0. The third-order valence-electron chi connectivity index (χ3n) is 7.95. The summed E-state index contributed by atoms with van der Waals surface area (Å²) in [6, 6.07) is 0. The molecule has 0 aromatic carbocycles. The highest BCUT2D eigenvalue weighted by atomic mass is 15.3. The smallest absolute Gasteiger partial charge is 0.0893 e. The molecule has 0 N–H and O–H groups in total. The van der Waals surface area contributed by atoms with Gasteiger partial charge < -0.3 is 9.80 Å². The van der Waals surface area contributed by atoms with Gasteiger partial charge in [0.2, 0.25) is 0 Å². The van der Waals surface area contributed by atoms with Crippen molar-refractivity contribution < 1.29 is 0 Å². The molecule has 35 heavy (non-hydrogen) atoms. The van der Waals surface area contributed by atoms with E-state index in [1.807, 2.05) is 0 Å². The topological polar surface area (TPSA) is 6.48 Å². The third-order valence-corrected chi connectivity index (χ3v) is 7.95. The summed E-state index contributed by atoms with van der Waals surface area (Å²) in [5.41, 5.74) is 0. The largest absolute Gasteiger partial charge is 0.359 e. The Morgan fingerprint density at radius 1 is 0.343 bits per heavy atom. The van der Waals surface area contributed by atoms with Crippen molar-refractivity contribution in [2.24, 2.45) is 0 Å². The first-order valence-electron chi connectivity index (χ1n) is 16.5. The van der Waals surface area contributed by atoms with E-state index in [4.69, 9.17) is 0 Å². The molecule has 2 nitrogen and oxygen atoms in total. The molecule has 0 fully saturated rings. The maximum atomic E-state index is 2.53. The first kappa shape index (κ1) is 32.4. The second kappa shape index (κ2) is 26.4. The first-order chi connectivity index (χ1) is 17.4. The Morgan fingerprint density at radius 3 is 0.829 bits per heavy atom. The van der Waals surface area contributed by atoms with Crippen LogP contribution in [0.15, 0.2) is 12.4 Å². The molecule has 0 aromatic rings. The maximum Gasteiger partial charge on any atom is 0.0893 e. The predicted molar refractivity (Wildman–Crippen MR) is 159 cm³/mol. The van der Waals surface area contributed by atoms with E-state index in [9.17, 15) is 0 Å². The number of hydrogen-bond donors (Lipinski definition) is 0. The fourth-order valence-electron chi connectivity index (χ4n) is 5.47. The number of hydrogen-bond acceptors (Lipinski definition) is 2. The highest BCUT2D eigenvalue weighted by Crippen LogP contribution is 2.15. The van der Waals surface area contributed by atoms with E-state index in [0.717, 1.165) is 6.67 Å². The van der Waals surface area contributed by atoms with Crippen LogP contribution in [0.3, 0.4) is 0 Å². The van der Waals surface area contributed by atoms with Gasteiger partial charge in [-0.2, -0.15) is 0 Å². The molecule has 0 aromatic heterocycles. The first-order valence-corrected chi connectivity index (χ1v) is 16.5. The van der Waals surface area contributed by atoms with Gasteiger partial charge in [-0.05, 0) is 12.8 Å². The van der Waals surface area contributed by atoms with Gasteiger partial charge in [0, 0.05) is 25.5 Å². The molecule has 0 amide bonds. The highest BCUT2D eigenvalue weighted by Gasteiger charge is 2.10. The molecule has 2 heteroatoms. The zero-order chi connectivity index (χ0) is 25.1. The lowest BCUT2D eigenvalue weighted by molar-refractivity contribution is 0.257. The molecule has 0 saturated carbocycles. The molecule has 0 radical (unpaired) electrons. The normalized spacial score (nSPS) is 13.4. The summed E-state index contributed by atoms with van der Waals surface area (Å²) in [6.07, 6.45) is 42.2. The van der Waals surface area contributed by atoms with Crippen molar-refractivity contribution >= 4 is 0 Å². The van der Waals surface area contributed by atoms with E-state index >= 15 is 0 Å². The van der Waals surface area contributed by atoms with Crippen molar-refractivity contribution in [3.05, 3.63) is 12.4 Å². The van der Waals surface area contributed by atoms with Crippen LogP contribution in [0, 0.1) is 0 Å². The molecule has 208 valence electrons. The van der Waals surface area contributed by atoms with Crippen LogP contribution in [0.2, 0.25) is 0 Å². The Morgan fingerprint density at radius 2 is 0.571 bits per heavy atom. The van der Waals surface area contributed by atoms with Crippen molar-refractivity contribution in [2.75, 3.05) is 19.8 Å². The van der Waals surface area contributed by atoms with Crippen molar-refractivity contribution in [1.82, 2.24) is 9.80 Å². The van der Waals surface area contributed by atoms with E-state index in [-0.39, 0.29) is 0 Å². The second-order valence-corrected chi connectivity index (χ2v) is 11.5. The van der Waals surface area contributed by atoms with Gasteiger partial charge in [-0.3, -0.25) is 0 Å². The van der Waals surface area contributed by atoms with Crippen LogP contribution >= 0.6 is 0 Å². The van der Waals surface area contributed by atoms with Crippen molar-refractivity contribution in [1.29, 1.82) is 0 Å². The lowest BCUT2D eigenvalue weighted by Gasteiger charge is -2.21. The molecule has 0 saturated heterocycles. The average Bonchev–Trinajstić information content (AvgIpc) is 3.32. The molecule has 0 spiro atoms. The van der Waals surface area contributed by atoms with Crippen molar-refractivity contribution in [2.45, 2.75) is 181 Å². The molecular weight excluding hydrogens is 424 g/mol. The Kier molecular flexibility index (Phi) is 24.4. The average molecular weight is 491 g/mol. The second-order valence-electron chi connectivity index (χ2n) is 11.5. The number of unbranched alkanes of at least 4 members (excludes halogenated alkanes) is 24. The molecule has 1 aliphatic heterocycles. The predicted octanol–water partition coefficient (Wildman–Crippen LogP) is 11.2. The molecule has 0 bridgehead atoms.